The summed E-state index contributed by atoms with van der Waals surface area (Å²) in [7, 11) is 3.22. The number of halogens is 1. The van der Waals surface area contributed by atoms with E-state index >= 15 is 0 Å². The van der Waals surface area contributed by atoms with Gasteiger partial charge in [0.1, 0.15) is 22.8 Å². The van der Waals surface area contributed by atoms with Gasteiger partial charge in [-0.25, -0.2) is 4.98 Å². The van der Waals surface area contributed by atoms with Gasteiger partial charge in [0.25, 0.3) is 0 Å². The van der Waals surface area contributed by atoms with Gasteiger partial charge >= 0.3 is 0 Å². The van der Waals surface area contributed by atoms with Crippen LogP contribution in [-0.4, -0.2) is 25.7 Å². The third-order valence-electron chi connectivity index (χ3n) is 3.35. The van der Waals surface area contributed by atoms with Crippen molar-refractivity contribution in [2.45, 2.75) is 26.7 Å². The smallest absolute Gasteiger partial charge is 0.148 e. The Balaban J connectivity index is 2.75. The van der Waals surface area contributed by atoms with Crippen molar-refractivity contribution in [1.82, 2.24) is 4.98 Å². The Morgan fingerprint density at radius 2 is 1.86 bits per heavy atom. The Kier molecular flexibility index (Phi) is 5.12. The summed E-state index contributed by atoms with van der Waals surface area (Å²) in [6, 6.07) is 3.85. The summed E-state index contributed by atoms with van der Waals surface area (Å²) in [5.41, 5.74) is 1.91. The van der Waals surface area contributed by atoms with Crippen LogP contribution in [0.4, 0.5) is 5.82 Å². The molecule has 1 aromatic heterocycles. The van der Waals surface area contributed by atoms with Crippen LogP contribution in [0, 0.1) is 0 Å². The number of aryl methyl sites for hydroxylation is 1. The van der Waals surface area contributed by atoms with Crippen LogP contribution in [0.3, 0.4) is 0 Å². The topological polar surface area (TPSA) is 43.4 Å². The summed E-state index contributed by atoms with van der Waals surface area (Å²) in [6.45, 7) is 5.02. The number of anilines is 1. The predicted molar refractivity (Wildman–Crippen MR) is 88.0 cm³/mol. The molecule has 0 atom stereocenters. The molecule has 0 radical (unpaired) electrons. The summed E-state index contributed by atoms with van der Waals surface area (Å²) in [5.74, 6) is 2.15. The minimum absolute atomic E-state index is 0.571. The average Bonchev–Trinajstić information content (AvgIpc) is 2.49. The largest absolute Gasteiger partial charge is 0.495 e. The van der Waals surface area contributed by atoms with Crippen molar-refractivity contribution in [3.63, 3.8) is 0 Å². The summed E-state index contributed by atoms with van der Waals surface area (Å²) in [4.78, 5) is 4.71. The summed E-state index contributed by atoms with van der Waals surface area (Å²) >= 11 is 6.43. The fraction of sp³-hybridized carbons (Fsp3) is 0.438. The molecule has 2 rings (SSSR count). The van der Waals surface area contributed by atoms with Crippen molar-refractivity contribution in [2.75, 3.05) is 26.1 Å². The van der Waals surface area contributed by atoms with Crippen molar-refractivity contribution >= 4 is 28.3 Å². The molecule has 0 bridgehead atoms. The van der Waals surface area contributed by atoms with Gasteiger partial charge in [-0.2, -0.15) is 0 Å². The van der Waals surface area contributed by atoms with Crippen LogP contribution in [0.15, 0.2) is 12.1 Å². The van der Waals surface area contributed by atoms with Gasteiger partial charge in [-0.15, -0.1) is 0 Å². The lowest BCUT2D eigenvalue weighted by Gasteiger charge is -2.15. The minimum Gasteiger partial charge on any atom is -0.495 e. The lowest BCUT2D eigenvalue weighted by molar-refractivity contribution is 0.397. The number of fused-ring (bicyclic) bond motifs is 1. The molecule has 0 aliphatic carbocycles. The van der Waals surface area contributed by atoms with Crippen molar-refractivity contribution in [3.05, 3.63) is 22.7 Å². The van der Waals surface area contributed by atoms with E-state index in [0.717, 1.165) is 41.7 Å². The number of hydrogen-bond donors (Lipinski definition) is 1. The van der Waals surface area contributed by atoms with Crippen molar-refractivity contribution < 1.29 is 9.47 Å². The van der Waals surface area contributed by atoms with E-state index in [-0.39, 0.29) is 0 Å². The van der Waals surface area contributed by atoms with Crippen LogP contribution in [0.5, 0.6) is 11.5 Å². The molecule has 0 aliphatic rings. The standard InChI is InChI=1S/C16H21ClN2O2/c1-5-7-10-8-11-14(17)12(20-3)9-13(21-4)15(11)19-16(10)18-6-2/h8-9H,5-7H2,1-4H3,(H,18,19). The molecule has 4 nitrogen and oxygen atoms in total. The molecule has 5 heteroatoms. The van der Waals surface area contributed by atoms with Crippen LogP contribution >= 0.6 is 11.6 Å². The highest BCUT2D eigenvalue weighted by Gasteiger charge is 2.16. The summed E-state index contributed by atoms with van der Waals surface area (Å²) in [6.07, 6.45) is 1.99. The Bertz CT molecular complexity index is 644. The van der Waals surface area contributed by atoms with Crippen LogP contribution in [0.25, 0.3) is 10.9 Å². The highest BCUT2D eigenvalue weighted by atomic mass is 35.5. The molecular weight excluding hydrogens is 288 g/mol. The molecule has 0 aliphatic heterocycles. The number of rotatable bonds is 6. The Hall–Kier alpha value is -1.68. The molecule has 2 aromatic rings. The second-order valence-electron chi connectivity index (χ2n) is 4.77. The molecule has 0 fully saturated rings. The number of benzene rings is 1. The maximum Gasteiger partial charge on any atom is 0.148 e. The molecule has 0 saturated heterocycles. The van der Waals surface area contributed by atoms with E-state index in [4.69, 9.17) is 26.1 Å². The van der Waals surface area contributed by atoms with Crippen LogP contribution in [0.1, 0.15) is 25.8 Å². The summed E-state index contributed by atoms with van der Waals surface area (Å²) in [5, 5.41) is 4.74. The molecule has 1 N–H and O–H groups in total. The molecule has 0 amide bonds. The quantitative estimate of drug-likeness (QED) is 0.864. The number of ether oxygens (including phenoxy) is 2. The molecule has 0 unspecified atom stereocenters. The zero-order chi connectivity index (χ0) is 15.4. The highest BCUT2D eigenvalue weighted by molar-refractivity contribution is 6.37. The van der Waals surface area contributed by atoms with Gasteiger partial charge in [-0.1, -0.05) is 24.9 Å². The lowest BCUT2D eigenvalue weighted by Crippen LogP contribution is -2.05. The third-order valence-corrected chi connectivity index (χ3v) is 3.74. The Morgan fingerprint density at radius 3 is 2.43 bits per heavy atom. The maximum absolute atomic E-state index is 6.43. The van der Waals surface area contributed by atoms with Crippen molar-refractivity contribution in [2.24, 2.45) is 0 Å². The van der Waals surface area contributed by atoms with E-state index in [9.17, 15) is 0 Å². The number of methoxy groups -OCH3 is 2. The summed E-state index contributed by atoms with van der Waals surface area (Å²) < 4.78 is 10.7. The van der Waals surface area contributed by atoms with E-state index in [1.54, 1.807) is 20.3 Å². The van der Waals surface area contributed by atoms with Crippen LogP contribution in [0.2, 0.25) is 5.02 Å². The van der Waals surface area contributed by atoms with Gasteiger partial charge in [0, 0.05) is 18.0 Å². The number of nitrogens with zero attached hydrogens (tertiary/aromatic N) is 1. The van der Waals surface area contributed by atoms with Gasteiger partial charge in [-0.3, -0.25) is 0 Å². The number of nitrogens with one attached hydrogen (secondary N) is 1. The first kappa shape index (κ1) is 15.7. The molecular formula is C16H21ClN2O2. The average molecular weight is 309 g/mol. The number of aromatic nitrogens is 1. The Labute approximate surface area is 130 Å². The maximum atomic E-state index is 6.43. The SMILES string of the molecule is CCCc1cc2c(Cl)c(OC)cc(OC)c2nc1NCC. The molecule has 1 heterocycles. The molecule has 0 spiro atoms. The first-order valence-electron chi connectivity index (χ1n) is 7.14. The number of pyridine rings is 1. The van der Waals surface area contributed by atoms with Crippen LogP contribution in [-0.2, 0) is 6.42 Å². The van der Waals surface area contributed by atoms with Crippen molar-refractivity contribution in [1.29, 1.82) is 0 Å². The van der Waals surface area contributed by atoms with E-state index in [1.807, 2.05) is 0 Å². The second kappa shape index (κ2) is 6.85. The molecule has 114 valence electrons. The van der Waals surface area contributed by atoms with E-state index in [2.05, 4.69) is 25.2 Å². The monoisotopic (exact) mass is 308 g/mol. The Morgan fingerprint density at radius 1 is 1.14 bits per heavy atom. The highest BCUT2D eigenvalue weighted by Crippen LogP contribution is 2.39. The fourth-order valence-electron chi connectivity index (χ4n) is 2.38. The second-order valence-corrected chi connectivity index (χ2v) is 5.15. The van der Waals surface area contributed by atoms with Gasteiger partial charge in [0.15, 0.2) is 0 Å². The van der Waals surface area contributed by atoms with Crippen LogP contribution < -0.4 is 14.8 Å². The first-order chi connectivity index (χ1) is 10.2. The lowest BCUT2D eigenvalue weighted by atomic mass is 10.1. The normalized spacial score (nSPS) is 10.7. The zero-order valence-electron chi connectivity index (χ0n) is 12.9. The van der Waals surface area contributed by atoms with E-state index in [0.29, 0.717) is 16.5 Å². The first-order valence-corrected chi connectivity index (χ1v) is 7.51. The van der Waals surface area contributed by atoms with Crippen molar-refractivity contribution in [3.8, 4) is 11.5 Å². The van der Waals surface area contributed by atoms with Gasteiger partial charge in [0.05, 0.1) is 19.2 Å². The predicted octanol–water partition coefficient (Wildman–Crippen LogP) is 4.29. The van der Waals surface area contributed by atoms with E-state index in [1.165, 1.54) is 0 Å². The van der Waals surface area contributed by atoms with E-state index < -0.39 is 0 Å². The fourth-order valence-corrected chi connectivity index (χ4v) is 2.65. The minimum atomic E-state index is 0.571. The van der Waals surface area contributed by atoms with Gasteiger partial charge < -0.3 is 14.8 Å². The number of hydrogen-bond acceptors (Lipinski definition) is 4. The third kappa shape index (κ3) is 3.00. The van der Waals surface area contributed by atoms with Gasteiger partial charge in [0.2, 0.25) is 0 Å². The molecule has 0 saturated carbocycles. The molecule has 21 heavy (non-hydrogen) atoms. The molecule has 1 aromatic carbocycles. The van der Waals surface area contributed by atoms with Gasteiger partial charge in [-0.05, 0) is 25.0 Å². The zero-order valence-corrected chi connectivity index (χ0v) is 13.7.